The second kappa shape index (κ2) is 7.34. The minimum Gasteiger partial charge on any atom is -0.484 e. The smallest absolute Gasteiger partial charge is 0.257 e. The number of rotatable bonds is 6. The van der Waals surface area contributed by atoms with Gasteiger partial charge >= 0.3 is 0 Å². The zero-order chi connectivity index (χ0) is 17.8. The van der Waals surface area contributed by atoms with Crippen molar-refractivity contribution in [2.75, 3.05) is 13.2 Å². The van der Waals surface area contributed by atoms with E-state index in [1.54, 1.807) is 0 Å². The summed E-state index contributed by atoms with van der Waals surface area (Å²) in [7, 11) is 1.97. The van der Waals surface area contributed by atoms with Crippen LogP contribution in [-0.4, -0.2) is 28.6 Å². The van der Waals surface area contributed by atoms with Gasteiger partial charge in [0.2, 0.25) is 0 Å². The molecule has 3 rings (SSSR count). The molecule has 0 fully saturated rings. The number of aromatic nitrogens is 2. The first-order chi connectivity index (χ1) is 12.0. The van der Waals surface area contributed by atoms with Crippen LogP contribution in [0.4, 0.5) is 4.39 Å². The molecule has 2 aromatic carbocycles. The molecule has 3 aromatic rings. The summed E-state index contributed by atoms with van der Waals surface area (Å²) in [6, 6.07) is 11.7. The van der Waals surface area contributed by atoms with Crippen LogP contribution in [-0.2, 0) is 18.3 Å². The lowest BCUT2D eigenvalue weighted by Gasteiger charge is -2.07. The van der Waals surface area contributed by atoms with Crippen LogP contribution >= 0.6 is 0 Å². The topological polar surface area (TPSA) is 56.1 Å². The Labute approximate surface area is 145 Å². The maximum Gasteiger partial charge on any atom is 0.257 e. The molecule has 1 heterocycles. The number of carbonyl (C=O) groups excluding carboxylic acids is 1. The molecule has 5 nitrogen and oxygen atoms in total. The third-order valence-electron chi connectivity index (χ3n) is 3.98. The first-order valence-electron chi connectivity index (χ1n) is 8.10. The quantitative estimate of drug-likeness (QED) is 0.750. The molecule has 0 atom stereocenters. The number of benzene rings is 2. The summed E-state index contributed by atoms with van der Waals surface area (Å²) in [5.41, 5.74) is 3.21. The Hall–Kier alpha value is -2.89. The van der Waals surface area contributed by atoms with E-state index in [1.807, 2.05) is 24.6 Å². The molecule has 6 heteroatoms. The molecule has 0 saturated heterocycles. The van der Waals surface area contributed by atoms with E-state index < -0.39 is 0 Å². The van der Waals surface area contributed by atoms with Gasteiger partial charge in [0.25, 0.3) is 5.91 Å². The zero-order valence-corrected chi connectivity index (χ0v) is 14.3. The van der Waals surface area contributed by atoms with E-state index >= 15 is 0 Å². The third kappa shape index (κ3) is 4.15. The van der Waals surface area contributed by atoms with Gasteiger partial charge in [-0.15, -0.1) is 0 Å². The lowest BCUT2D eigenvalue weighted by molar-refractivity contribution is -0.123. The lowest BCUT2D eigenvalue weighted by Crippen LogP contribution is -2.31. The maximum absolute atomic E-state index is 12.8. The summed E-state index contributed by atoms with van der Waals surface area (Å²) >= 11 is 0. The number of hydrogen-bond acceptors (Lipinski definition) is 3. The molecular formula is C19H20FN3O2. The maximum atomic E-state index is 12.8. The molecule has 1 N–H and O–H groups in total. The largest absolute Gasteiger partial charge is 0.484 e. The summed E-state index contributed by atoms with van der Waals surface area (Å²) in [6.45, 7) is 2.41. The molecule has 0 bridgehead atoms. The number of imidazole rings is 1. The van der Waals surface area contributed by atoms with Crippen molar-refractivity contribution in [1.29, 1.82) is 0 Å². The molecule has 0 saturated carbocycles. The van der Waals surface area contributed by atoms with Crippen molar-refractivity contribution in [3.63, 3.8) is 0 Å². The van der Waals surface area contributed by atoms with Gasteiger partial charge in [-0.05, 0) is 48.9 Å². The molecule has 1 amide bonds. The molecule has 0 unspecified atom stereocenters. The minimum absolute atomic E-state index is 0.104. The zero-order valence-electron chi connectivity index (χ0n) is 14.3. The summed E-state index contributed by atoms with van der Waals surface area (Å²) < 4.78 is 20.2. The Balaban J connectivity index is 1.50. The highest BCUT2D eigenvalue weighted by Crippen LogP contribution is 2.16. The van der Waals surface area contributed by atoms with Crippen LogP contribution in [0, 0.1) is 12.7 Å². The SMILES string of the molecule is Cc1ccc2c(c1)nc(CCNC(=O)COc1ccc(F)cc1)n2C. The molecule has 130 valence electrons. The van der Waals surface area contributed by atoms with Crippen molar-refractivity contribution >= 4 is 16.9 Å². The number of hydrogen-bond donors (Lipinski definition) is 1. The Bertz CT molecular complexity index is 888. The normalized spacial score (nSPS) is 10.8. The van der Waals surface area contributed by atoms with Crippen LogP contribution in [0.15, 0.2) is 42.5 Å². The van der Waals surface area contributed by atoms with Crippen LogP contribution < -0.4 is 10.1 Å². The average molecular weight is 341 g/mol. The first kappa shape index (κ1) is 17.0. The van der Waals surface area contributed by atoms with Gasteiger partial charge < -0.3 is 14.6 Å². The Morgan fingerprint density at radius 2 is 2.00 bits per heavy atom. The second-order valence-electron chi connectivity index (χ2n) is 5.92. The van der Waals surface area contributed by atoms with Gasteiger partial charge in [0.05, 0.1) is 11.0 Å². The van der Waals surface area contributed by atoms with Gasteiger partial charge in [0.15, 0.2) is 6.61 Å². The van der Waals surface area contributed by atoms with E-state index in [0.717, 1.165) is 16.9 Å². The Morgan fingerprint density at radius 1 is 1.24 bits per heavy atom. The summed E-state index contributed by atoms with van der Waals surface area (Å²) in [4.78, 5) is 16.5. The molecule has 0 radical (unpaired) electrons. The number of aryl methyl sites for hydroxylation is 2. The van der Waals surface area contributed by atoms with Crippen molar-refractivity contribution in [1.82, 2.24) is 14.9 Å². The Kier molecular flexibility index (Phi) is 4.97. The van der Waals surface area contributed by atoms with Crippen LogP contribution in [0.2, 0.25) is 0 Å². The number of halogens is 1. The Morgan fingerprint density at radius 3 is 2.76 bits per heavy atom. The number of nitrogens with one attached hydrogen (secondary N) is 1. The first-order valence-corrected chi connectivity index (χ1v) is 8.10. The highest BCUT2D eigenvalue weighted by atomic mass is 19.1. The number of fused-ring (bicyclic) bond motifs is 1. The van der Waals surface area contributed by atoms with E-state index in [4.69, 9.17) is 4.74 Å². The number of carbonyl (C=O) groups is 1. The van der Waals surface area contributed by atoms with Gasteiger partial charge in [0, 0.05) is 20.0 Å². The van der Waals surface area contributed by atoms with Crippen LogP contribution in [0.3, 0.4) is 0 Å². The molecule has 25 heavy (non-hydrogen) atoms. The van der Waals surface area contributed by atoms with Crippen molar-refractivity contribution in [3.8, 4) is 5.75 Å². The summed E-state index contributed by atoms with van der Waals surface area (Å²) in [5, 5.41) is 2.80. The molecule has 0 spiro atoms. The molecular weight excluding hydrogens is 321 g/mol. The van der Waals surface area contributed by atoms with E-state index in [9.17, 15) is 9.18 Å². The predicted octanol–water partition coefficient (Wildman–Crippen LogP) is 2.76. The van der Waals surface area contributed by atoms with E-state index in [2.05, 4.69) is 22.4 Å². The number of ether oxygens (including phenoxy) is 1. The number of amides is 1. The van der Waals surface area contributed by atoms with Gasteiger partial charge in [-0.1, -0.05) is 6.07 Å². The van der Waals surface area contributed by atoms with Crippen molar-refractivity contribution in [2.45, 2.75) is 13.3 Å². The third-order valence-corrected chi connectivity index (χ3v) is 3.98. The molecule has 0 aliphatic heterocycles. The fraction of sp³-hybridized carbons (Fsp3) is 0.263. The van der Waals surface area contributed by atoms with Gasteiger partial charge in [-0.2, -0.15) is 0 Å². The van der Waals surface area contributed by atoms with Crippen LogP contribution in [0.1, 0.15) is 11.4 Å². The fourth-order valence-corrected chi connectivity index (χ4v) is 2.63. The van der Waals surface area contributed by atoms with E-state index in [-0.39, 0.29) is 18.3 Å². The summed E-state index contributed by atoms with van der Waals surface area (Å²) in [6.07, 6.45) is 0.631. The van der Waals surface area contributed by atoms with Crippen molar-refractivity contribution in [2.24, 2.45) is 7.05 Å². The van der Waals surface area contributed by atoms with E-state index in [0.29, 0.717) is 18.7 Å². The lowest BCUT2D eigenvalue weighted by atomic mass is 10.2. The average Bonchev–Trinajstić information content (AvgIpc) is 2.90. The van der Waals surface area contributed by atoms with Gasteiger partial charge in [0.1, 0.15) is 17.4 Å². The standard InChI is InChI=1S/C19H20FN3O2/c1-13-3-8-17-16(11-13)22-18(23(17)2)9-10-21-19(24)12-25-15-6-4-14(20)5-7-15/h3-8,11H,9-10,12H2,1-2H3,(H,21,24). The van der Waals surface area contributed by atoms with Gasteiger partial charge in [-0.25, -0.2) is 9.37 Å². The van der Waals surface area contributed by atoms with Gasteiger partial charge in [-0.3, -0.25) is 4.79 Å². The van der Waals surface area contributed by atoms with Crippen molar-refractivity contribution in [3.05, 3.63) is 59.7 Å². The van der Waals surface area contributed by atoms with E-state index in [1.165, 1.54) is 29.8 Å². The van der Waals surface area contributed by atoms with Crippen molar-refractivity contribution < 1.29 is 13.9 Å². The molecule has 0 aliphatic rings. The monoisotopic (exact) mass is 341 g/mol. The minimum atomic E-state index is -0.338. The highest BCUT2D eigenvalue weighted by Gasteiger charge is 2.09. The van der Waals surface area contributed by atoms with Crippen LogP contribution in [0.25, 0.3) is 11.0 Å². The van der Waals surface area contributed by atoms with Crippen LogP contribution in [0.5, 0.6) is 5.75 Å². The highest BCUT2D eigenvalue weighted by molar-refractivity contribution is 5.78. The predicted molar refractivity (Wildman–Crippen MR) is 94.1 cm³/mol. The molecule has 0 aliphatic carbocycles. The fourth-order valence-electron chi connectivity index (χ4n) is 2.63. The summed E-state index contributed by atoms with van der Waals surface area (Å²) in [5.74, 6) is 0.816. The second-order valence-corrected chi connectivity index (χ2v) is 5.92. The number of nitrogens with zero attached hydrogens (tertiary/aromatic N) is 2. The molecule has 1 aromatic heterocycles.